The van der Waals surface area contributed by atoms with E-state index < -0.39 is 0 Å². The van der Waals surface area contributed by atoms with Crippen LogP contribution in [-0.2, 0) is 4.74 Å². The van der Waals surface area contributed by atoms with E-state index in [0.29, 0.717) is 12.1 Å². The van der Waals surface area contributed by atoms with Crippen LogP contribution >= 0.6 is 0 Å². The number of rotatable bonds is 4. The van der Waals surface area contributed by atoms with Crippen LogP contribution in [0.25, 0.3) is 0 Å². The van der Waals surface area contributed by atoms with E-state index in [1.165, 1.54) is 6.42 Å². The Morgan fingerprint density at radius 3 is 2.73 bits per heavy atom. The Kier molecular flexibility index (Phi) is 4.56. The highest BCUT2D eigenvalue weighted by molar-refractivity contribution is 4.95. The third-order valence-corrected chi connectivity index (χ3v) is 4.02. The normalized spacial score (nSPS) is 34.4. The molecule has 3 nitrogen and oxygen atoms in total. The molecule has 90 valence electrons. The molecular weight excluding hydrogens is 188 g/mol. The molecule has 0 amide bonds. The second-order valence-electron chi connectivity index (χ2n) is 4.93. The van der Waals surface area contributed by atoms with Crippen molar-refractivity contribution in [2.75, 3.05) is 20.2 Å². The van der Waals surface area contributed by atoms with E-state index in [9.17, 15) is 0 Å². The third kappa shape index (κ3) is 2.71. The van der Waals surface area contributed by atoms with E-state index in [4.69, 9.17) is 10.5 Å². The molecule has 1 aliphatic rings. The fourth-order valence-electron chi connectivity index (χ4n) is 2.54. The van der Waals surface area contributed by atoms with Gasteiger partial charge in [-0.2, -0.15) is 0 Å². The minimum Gasteiger partial charge on any atom is -0.378 e. The summed E-state index contributed by atoms with van der Waals surface area (Å²) in [5.74, 6) is 0. The first-order valence-electron chi connectivity index (χ1n) is 6.10. The monoisotopic (exact) mass is 214 g/mol. The molecule has 0 bridgehead atoms. The fraction of sp³-hybridized carbons (Fsp3) is 1.00. The maximum absolute atomic E-state index is 6.00. The van der Waals surface area contributed by atoms with Gasteiger partial charge in [-0.1, -0.05) is 6.92 Å². The summed E-state index contributed by atoms with van der Waals surface area (Å²) in [6, 6.07) is 0.596. The summed E-state index contributed by atoms with van der Waals surface area (Å²) in [4.78, 5) is 2.46. The molecule has 3 heteroatoms. The maximum Gasteiger partial charge on any atom is 0.0565 e. The van der Waals surface area contributed by atoms with Gasteiger partial charge in [0.2, 0.25) is 0 Å². The van der Waals surface area contributed by atoms with Gasteiger partial charge in [0.1, 0.15) is 0 Å². The molecule has 2 N–H and O–H groups in total. The number of nitrogens with two attached hydrogens (primary N) is 1. The predicted molar refractivity (Wildman–Crippen MR) is 63.9 cm³/mol. The van der Waals surface area contributed by atoms with Crippen molar-refractivity contribution in [3.05, 3.63) is 0 Å². The van der Waals surface area contributed by atoms with Crippen molar-refractivity contribution >= 4 is 0 Å². The number of hydrogen-bond acceptors (Lipinski definition) is 3. The number of ether oxygens (including phenoxy) is 1. The minimum absolute atomic E-state index is 0.160. The van der Waals surface area contributed by atoms with E-state index in [1.807, 2.05) is 0 Å². The highest BCUT2D eigenvalue weighted by Gasteiger charge is 2.39. The van der Waals surface area contributed by atoms with Crippen LogP contribution in [0.2, 0.25) is 0 Å². The Labute approximate surface area is 94.0 Å². The maximum atomic E-state index is 6.00. The van der Waals surface area contributed by atoms with E-state index in [1.54, 1.807) is 0 Å². The Hall–Kier alpha value is -0.120. The van der Waals surface area contributed by atoms with Crippen molar-refractivity contribution in [2.24, 2.45) is 5.73 Å². The molecule has 3 unspecified atom stereocenters. The van der Waals surface area contributed by atoms with Gasteiger partial charge in [0.25, 0.3) is 0 Å². The Morgan fingerprint density at radius 1 is 1.60 bits per heavy atom. The average Bonchev–Trinajstić information content (AvgIpc) is 2.26. The second kappa shape index (κ2) is 5.28. The molecule has 0 aromatic rings. The van der Waals surface area contributed by atoms with Crippen LogP contribution in [0.4, 0.5) is 0 Å². The average molecular weight is 214 g/mol. The molecule has 1 aliphatic heterocycles. The Morgan fingerprint density at radius 2 is 2.27 bits per heavy atom. The molecular formula is C12H26N2O. The van der Waals surface area contributed by atoms with Crippen LogP contribution in [0.1, 0.15) is 40.0 Å². The number of hydrogen-bond donors (Lipinski definition) is 1. The molecule has 1 heterocycles. The van der Waals surface area contributed by atoms with Crippen molar-refractivity contribution < 1.29 is 4.74 Å². The first-order chi connectivity index (χ1) is 7.05. The molecule has 1 rings (SSSR count). The molecule has 1 saturated heterocycles. The summed E-state index contributed by atoms with van der Waals surface area (Å²) in [6.07, 6.45) is 3.64. The Balaban J connectivity index is 2.74. The lowest BCUT2D eigenvalue weighted by atomic mass is 9.84. The van der Waals surface area contributed by atoms with E-state index >= 15 is 0 Å². The lowest BCUT2D eigenvalue weighted by molar-refractivity contribution is -0.0663. The van der Waals surface area contributed by atoms with Crippen LogP contribution in [0.3, 0.4) is 0 Å². The van der Waals surface area contributed by atoms with Gasteiger partial charge < -0.3 is 10.5 Å². The van der Waals surface area contributed by atoms with Crippen molar-refractivity contribution in [3.8, 4) is 0 Å². The third-order valence-electron chi connectivity index (χ3n) is 4.02. The van der Waals surface area contributed by atoms with Crippen molar-refractivity contribution in [1.82, 2.24) is 4.90 Å². The predicted octanol–water partition coefficient (Wildman–Crippen LogP) is 1.61. The zero-order chi connectivity index (χ0) is 11.5. The smallest absolute Gasteiger partial charge is 0.0565 e. The van der Waals surface area contributed by atoms with Crippen LogP contribution in [0.15, 0.2) is 0 Å². The van der Waals surface area contributed by atoms with Gasteiger partial charge in [-0.05, 0) is 40.2 Å². The molecule has 0 radical (unpaired) electrons. The summed E-state index contributed by atoms with van der Waals surface area (Å²) in [5.41, 5.74) is 6.16. The summed E-state index contributed by atoms with van der Waals surface area (Å²) in [7, 11) is 2.21. The molecule has 0 aromatic heterocycles. The lowest BCUT2D eigenvalue weighted by Crippen LogP contribution is -2.59. The summed E-state index contributed by atoms with van der Waals surface area (Å²) < 4.78 is 5.62. The zero-order valence-electron chi connectivity index (χ0n) is 10.6. The highest BCUT2D eigenvalue weighted by Crippen LogP contribution is 2.31. The van der Waals surface area contributed by atoms with E-state index in [2.05, 4.69) is 32.7 Å². The molecule has 15 heavy (non-hydrogen) atoms. The number of likely N-dealkylation sites (N-methyl/N-ethyl adjacent to an activating group) is 1. The Bertz CT molecular complexity index is 198. The summed E-state index contributed by atoms with van der Waals surface area (Å²) in [5, 5.41) is 0. The van der Waals surface area contributed by atoms with Gasteiger partial charge in [-0.3, -0.25) is 4.90 Å². The van der Waals surface area contributed by atoms with E-state index in [0.717, 1.165) is 26.0 Å². The minimum atomic E-state index is 0.160. The lowest BCUT2D eigenvalue weighted by Gasteiger charge is -2.48. The number of nitrogens with zero attached hydrogens (tertiary/aromatic N) is 1. The molecule has 1 fully saturated rings. The van der Waals surface area contributed by atoms with Gasteiger partial charge in [-0.15, -0.1) is 0 Å². The van der Waals surface area contributed by atoms with Crippen molar-refractivity contribution in [2.45, 2.75) is 57.7 Å². The largest absolute Gasteiger partial charge is 0.378 e. The summed E-state index contributed by atoms with van der Waals surface area (Å²) >= 11 is 0. The summed E-state index contributed by atoms with van der Waals surface area (Å²) in [6.45, 7) is 8.24. The van der Waals surface area contributed by atoms with Crippen molar-refractivity contribution in [3.63, 3.8) is 0 Å². The van der Waals surface area contributed by atoms with Gasteiger partial charge in [-0.25, -0.2) is 0 Å². The van der Waals surface area contributed by atoms with Crippen LogP contribution in [0.5, 0.6) is 0 Å². The van der Waals surface area contributed by atoms with Crippen LogP contribution in [0, 0.1) is 0 Å². The van der Waals surface area contributed by atoms with Crippen molar-refractivity contribution in [1.29, 1.82) is 0 Å². The van der Waals surface area contributed by atoms with Gasteiger partial charge in [0.05, 0.1) is 6.10 Å². The highest BCUT2D eigenvalue weighted by atomic mass is 16.5. The fourth-order valence-corrected chi connectivity index (χ4v) is 2.54. The van der Waals surface area contributed by atoms with Gasteiger partial charge in [0.15, 0.2) is 0 Å². The van der Waals surface area contributed by atoms with Gasteiger partial charge in [0, 0.05) is 24.7 Å². The van der Waals surface area contributed by atoms with Crippen LogP contribution in [-0.4, -0.2) is 42.8 Å². The molecule has 0 aliphatic carbocycles. The topological polar surface area (TPSA) is 38.5 Å². The van der Waals surface area contributed by atoms with E-state index in [-0.39, 0.29) is 5.54 Å². The standard InChI is InChI=1S/C12H26N2O/c1-5-10(2)14(4)12(9-13)6-7-15-11(3)8-12/h10-11H,5-9,13H2,1-4H3. The van der Waals surface area contributed by atoms with Crippen LogP contribution < -0.4 is 5.73 Å². The molecule has 0 spiro atoms. The first kappa shape index (κ1) is 12.9. The first-order valence-corrected chi connectivity index (χ1v) is 6.10. The molecule has 0 aromatic carbocycles. The zero-order valence-corrected chi connectivity index (χ0v) is 10.6. The molecule has 3 atom stereocenters. The van der Waals surface area contributed by atoms with Gasteiger partial charge >= 0.3 is 0 Å². The molecule has 0 saturated carbocycles. The SMILES string of the molecule is CCC(C)N(C)C1(CN)CCOC(C)C1. The second-order valence-corrected chi connectivity index (χ2v) is 4.93. The quantitative estimate of drug-likeness (QED) is 0.773.